The highest BCUT2D eigenvalue weighted by Gasteiger charge is 2.13. The van der Waals surface area contributed by atoms with E-state index in [4.69, 9.17) is 0 Å². The van der Waals surface area contributed by atoms with Crippen molar-refractivity contribution in [3.63, 3.8) is 0 Å². The summed E-state index contributed by atoms with van der Waals surface area (Å²) >= 11 is 0. The largest absolute Gasteiger partial charge is 0.372 e. The first-order valence-corrected chi connectivity index (χ1v) is 8.43. The summed E-state index contributed by atoms with van der Waals surface area (Å²) in [5.74, 6) is 0.485. The van der Waals surface area contributed by atoms with E-state index < -0.39 is 0 Å². The molecule has 0 fully saturated rings. The molecular formula is C19H19N5O. The van der Waals surface area contributed by atoms with Gasteiger partial charge in [-0.1, -0.05) is 12.1 Å². The van der Waals surface area contributed by atoms with E-state index in [-0.39, 0.29) is 5.56 Å². The monoisotopic (exact) mass is 333 g/mol. The van der Waals surface area contributed by atoms with E-state index in [1.165, 1.54) is 0 Å². The number of rotatable bonds is 4. The number of aromatic nitrogens is 4. The van der Waals surface area contributed by atoms with E-state index in [2.05, 4.69) is 50.8 Å². The number of fused-ring (bicyclic) bond motifs is 2. The minimum Gasteiger partial charge on any atom is -0.372 e. The molecule has 0 aliphatic carbocycles. The van der Waals surface area contributed by atoms with Gasteiger partial charge in [-0.15, -0.1) is 0 Å². The van der Waals surface area contributed by atoms with Crippen molar-refractivity contribution in [3.05, 3.63) is 52.8 Å². The lowest BCUT2D eigenvalue weighted by molar-refractivity contribution is 0.867. The van der Waals surface area contributed by atoms with Crippen molar-refractivity contribution in [1.29, 1.82) is 0 Å². The average molecular weight is 333 g/mol. The summed E-state index contributed by atoms with van der Waals surface area (Å²) in [6, 6.07) is 13.6. The molecule has 126 valence electrons. The van der Waals surface area contributed by atoms with Crippen LogP contribution in [-0.4, -0.2) is 33.0 Å². The molecule has 0 aliphatic rings. The van der Waals surface area contributed by atoms with E-state index in [1.807, 2.05) is 30.3 Å². The van der Waals surface area contributed by atoms with Gasteiger partial charge in [-0.25, -0.2) is 9.97 Å². The molecule has 2 aromatic heterocycles. The maximum atomic E-state index is 12.4. The molecule has 0 spiro atoms. The van der Waals surface area contributed by atoms with Crippen LogP contribution in [0.4, 0.5) is 5.69 Å². The number of H-pyrrole nitrogens is 2. The van der Waals surface area contributed by atoms with Crippen LogP contribution in [0.15, 0.2) is 47.3 Å². The van der Waals surface area contributed by atoms with Crippen LogP contribution in [0.5, 0.6) is 0 Å². The summed E-state index contributed by atoms with van der Waals surface area (Å²) in [4.78, 5) is 29.8. The number of hydrogen-bond donors (Lipinski definition) is 2. The van der Waals surface area contributed by atoms with Gasteiger partial charge in [0.05, 0.1) is 22.1 Å². The molecule has 2 heterocycles. The lowest BCUT2D eigenvalue weighted by atomic mass is 10.2. The summed E-state index contributed by atoms with van der Waals surface area (Å²) in [5, 5.41) is 0. The number of hydrogen-bond acceptors (Lipinski definition) is 4. The molecule has 0 radical (unpaired) electrons. The van der Waals surface area contributed by atoms with Crippen molar-refractivity contribution in [2.75, 3.05) is 18.0 Å². The topological polar surface area (TPSA) is 77.7 Å². The molecule has 2 aromatic carbocycles. The Labute approximate surface area is 144 Å². The molecule has 0 bridgehead atoms. The van der Waals surface area contributed by atoms with Gasteiger partial charge in [0.15, 0.2) is 11.5 Å². The first-order chi connectivity index (χ1) is 12.2. The smallest absolute Gasteiger partial charge is 0.278 e. The zero-order valence-electron chi connectivity index (χ0n) is 14.2. The Morgan fingerprint density at radius 3 is 2.48 bits per heavy atom. The molecule has 0 amide bonds. The molecule has 0 saturated heterocycles. The normalized spacial score (nSPS) is 11.3. The quantitative estimate of drug-likeness (QED) is 0.600. The first-order valence-electron chi connectivity index (χ1n) is 8.43. The van der Waals surface area contributed by atoms with E-state index in [0.717, 1.165) is 40.8 Å². The minimum absolute atomic E-state index is 0.248. The fraction of sp³-hybridized carbons (Fsp3) is 0.211. The summed E-state index contributed by atoms with van der Waals surface area (Å²) in [6.07, 6.45) is 0. The second kappa shape index (κ2) is 6.05. The van der Waals surface area contributed by atoms with Gasteiger partial charge in [0.1, 0.15) is 0 Å². The molecule has 0 unspecified atom stereocenters. The van der Waals surface area contributed by atoms with Crippen LogP contribution < -0.4 is 10.5 Å². The molecule has 0 saturated carbocycles. The number of para-hydroxylation sites is 2. The third-order valence-electron chi connectivity index (χ3n) is 4.42. The number of nitrogens with one attached hydrogen (secondary N) is 2. The molecule has 4 aromatic rings. The van der Waals surface area contributed by atoms with Crippen LogP contribution in [0.1, 0.15) is 13.8 Å². The molecule has 6 nitrogen and oxygen atoms in total. The molecular weight excluding hydrogens is 314 g/mol. The van der Waals surface area contributed by atoms with Crippen LogP contribution in [0, 0.1) is 0 Å². The number of nitrogens with zero attached hydrogens (tertiary/aromatic N) is 3. The molecule has 2 N–H and O–H groups in total. The molecule has 6 heteroatoms. The van der Waals surface area contributed by atoms with Crippen LogP contribution in [0.2, 0.25) is 0 Å². The van der Waals surface area contributed by atoms with Gasteiger partial charge in [-0.3, -0.25) is 4.79 Å². The van der Waals surface area contributed by atoms with Crippen LogP contribution >= 0.6 is 0 Å². The highest BCUT2D eigenvalue weighted by atomic mass is 16.1. The zero-order valence-corrected chi connectivity index (χ0v) is 14.2. The number of aromatic amines is 2. The number of benzene rings is 2. The van der Waals surface area contributed by atoms with Crippen molar-refractivity contribution < 1.29 is 0 Å². The van der Waals surface area contributed by atoms with Gasteiger partial charge in [-0.05, 0) is 44.2 Å². The van der Waals surface area contributed by atoms with Gasteiger partial charge in [-0.2, -0.15) is 0 Å². The predicted octanol–water partition coefficient (Wildman–Crippen LogP) is 3.31. The second-order valence-electron chi connectivity index (χ2n) is 5.89. The van der Waals surface area contributed by atoms with Crippen LogP contribution in [0.25, 0.3) is 33.6 Å². The Kier molecular flexibility index (Phi) is 3.72. The van der Waals surface area contributed by atoms with Crippen LogP contribution in [0.3, 0.4) is 0 Å². The second-order valence-corrected chi connectivity index (χ2v) is 5.89. The van der Waals surface area contributed by atoms with Crippen molar-refractivity contribution >= 4 is 27.8 Å². The Balaban J connectivity index is 1.84. The SMILES string of the molecule is CCN(CC)c1ccc2nc(-c3nc4ccccc4[nH]c3=O)[nH]c2c1. The standard InChI is InChI=1S/C19H19N5O/c1-3-24(4-2)12-9-10-15-16(11-12)22-18(21-15)17-19(25)23-14-8-6-5-7-13(14)20-17/h5-11H,3-4H2,1-2H3,(H,21,22)(H,23,25). The maximum absolute atomic E-state index is 12.4. The summed E-state index contributed by atoms with van der Waals surface area (Å²) in [6.45, 7) is 6.14. The van der Waals surface area contributed by atoms with Crippen molar-refractivity contribution in [3.8, 4) is 11.5 Å². The van der Waals surface area contributed by atoms with E-state index in [1.54, 1.807) is 0 Å². The lowest BCUT2D eigenvalue weighted by Gasteiger charge is -2.20. The fourth-order valence-corrected chi connectivity index (χ4v) is 3.09. The van der Waals surface area contributed by atoms with E-state index >= 15 is 0 Å². The number of anilines is 1. The summed E-state index contributed by atoms with van der Waals surface area (Å²) in [5.41, 5.74) is 4.36. The molecule has 25 heavy (non-hydrogen) atoms. The Bertz CT molecular complexity index is 1110. The average Bonchev–Trinajstić information content (AvgIpc) is 3.05. The first kappa shape index (κ1) is 15.4. The maximum Gasteiger partial charge on any atom is 0.278 e. The zero-order chi connectivity index (χ0) is 17.4. The van der Waals surface area contributed by atoms with Crippen LogP contribution in [-0.2, 0) is 0 Å². The Morgan fingerprint density at radius 1 is 0.920 bits per heavy atom. The van der Waals surface area contributed by atoms with Gasteiger partial charge >= 0.3 is 0 Å². The Morgan fingerprint density at radius 2 is 1.68 bits per heavy atom. The molecule has 0 aliphatic heterocycles. The van der Waals surface area contributed by atoms with Gasteiger partial charge in [0.25, 0.3) is 5.56 Å². The fourth-order valence-electron chi connectivity index (χ4n) is 3.09. The van der Waals surface area contributed by atoms with Gasteiger partial charge < -0.3 is 14.9 Å². The third-order valence-corrected chi connectivity index (χ3v) is 4.42. The van der Waals surface area contributed by atoms with E-state index in [9.17, 15) is 4.79 Å². The van der Waals surface area contributed by atoms with Crippen molar-refractivity contribution in [1.82, 2.24) is 19.9 Å². The molecule has 4 rings (SSSR count). The Hall–Kier alpha value is -3.15. The van der Waals surface area contributed by atoms with Crippen molar-refractivity contribution in [2.24, 2.45) is 0 Å². The predicted molar refractivity (Wildman–Crippen MR) is 101 cm³/mol. The lowest BCUT2D eigenvalue weighted by Crippen LogP contribution is -2.21. The van der Waals surface area contributed by atoms with Gasteiger partial charge in [0.2, 0.25) is 0 Å². The van der Waals surface area contributed by atoms with E-state index in [0.29, 0.717) is 11.5 Å². The number of imidazole rings is 1. The minimum atomic E-state index is -0.248. The summed E-state index contributed by atoms with van der Waals surface area (Å²) in [7, 11) is 0. The molecule has 0 atom stereocenters. The third kappa shape index (κ3) is 2.65. The summed E-state index contributed by atoms with van der Waals surface area (Å²) < 4.78 is 0. The van der Waals surface area contributed by atoms with Crippen molar-refractivity contribution in [2.45, 2.75) is 13.8 Å². The van der Waals surface area contributed by atoms with Gasteiger partial charge in [0, 0.05) is 18.8 Å². The highest BCUT2D eigenvalue weighted by molar-refractivity contribution is 5.83. The highest BCUT2D eigenvalue weighted by Crippen LogP contribution is 2.23.